The topological polar surface area (TPSA) is 80.5 Å². The molecule has 0 radical (unpaired) electrons. The van der Waals surface area contributed by atoms with Crippen molar-refractivity contribution in [3.05, 3.63) is 35.5 Å². The van der Waals surface area contributed by atoms with E-state index in [1.807, 2.05) is 0 Å². The summed E-state index contributed by atoms with van der Waals surface area (Å²) in [7, 11) is 0. The van der Waals surface area contributed by atoms with Gasteiger partial charge in [-0.05, 0) is 56.1 Å². The first kappa shape index (κ1) is 15.4. The van der Waals surface area contributed by atoms with E-state index in [4.69, 9.17) is 10.5 Å². The molecule has 0 saturated carbocycles. The minimum atomic E-state index is -0.106. The molecule has 3 N–H and O–H groups in total. The molecule has 2 aromatic rings. The minimum absolute atomic E-state index is 0.106. The molecular formula is C17H20N4O2S. The van der Waals surface area contributed by atoms with E-state index in [0.717, 1.165) is 19.6 Å². The van der Waals surface area contributed by atoms with Crippen molar-refractivity contribution in [1.82, 2.24) is 15.2 Å². The van der Waals surface area contributed by atoms with E-state index in [9.17, 15) is 4.79 Å². The summed E-state index contributed by atoms with van der Waals surface area (Å²) in [6.45, 7) is 3.28. The molecule has 5 rings (SSSR count). The Balaban J connectivity index is 1.39. The summed E-state index contributed by atoms with van der Waals surface area (Å²) < 4.78 is 5.72. The molecule has 3 saturated heterocycles. The zero-order valence-electron chi connectivity index (χ0n) is 13.3. The Labute approximate surface area is 144 Å². The van der Waals surface area contributed by atoms with Crippen molar-refractivity contribution >= 4 is 22.9 Å². The van der Waals surface area contributed by atoms with Gasteiger partial charge in [-0.25, -0.2) is 4.98 Å². The second-order valence-electron chi connectivity index (χ2n) is 6.37. The number of anilines is 1. The molecule has 0 spiro atoms. The van der Waals surface area contributed by atoms with Crippen molar-refractivity contribution in [2.45, 2.75) is 18.9 Å². The van der Waals surface area contributed by atoms with Crippen LogP contribution in [0.25, 0.3) is 0 Å². The van der Waals surface area contributed by atoms with Crippen molar-refractivity contribution in [3.63, 3.8) is 0 Å². The fourth-order valence-corrected chi connectivity index (χ4v) is 4.11. The second-order valence-corrected chi connectivity index (χ2v) is 7.37. The largest absolute Gasteiger partial charge is 0.445 e. The number of carbonyl (C=O) groups excluding carboxylic acids is 1. The highest BCUT2D eigenvalue weighted by molar-refractivity contribution is 7.15. The van der Waals surface area contributed by atoms with Crippen LogP contribution < -0.4 is 15.8 Å². The van der Waals surface area contributed by atoms with Crippen LogP contribution in [0.15, 0.2) is 30.5 Å². The lowest BCUT2D eigenvalue weighted by atomic mass is 9.84. The quantitative estimate of drug-likeness (QED) is 0.832. The summed E-state index contributed by atoms with van der Waals surface area (Å²) in [5.74, 6) is 1.17. The Kier molecular flexibility index (Phi) is 4.12. The van der Waals surface area contributed by atoms with Crippen LogP contribution in [0.2, 0.25) is 0 Å². The summed E-state index contributed by atoms with van der Waals surface area (Å²) >= 11 is 1.26. The lowest BCUT2D eigenvalue weighted by Gasteiger charge is -2.44. The van der Waals surface area contributed by atoms with Gasteiger partial charge in [-0.15, -0.1) is 0 Å². The fourth-order valence-electron chi connectivity index (χ4n) is 3.42. The second kappa shape index (κ2) is 6.41. The van der Waals surface area contributed by atoms with Crippen molar-refractivity contribution in [2.75, 3.05) is 25.4 Å². The summed E-state index contributed by atoms with van der Waals surface area (Å²) in [6.07, 6.45) is 3.94. The third-order valence-electron chi connectivity index (χ3n) is 4.75. The Hall–Kier alpha value is -2.12. The molecule has 24 heavy (non-hydrogen) atoms. The van der Waals surface area contributed by atoms with Gasteiger partial charge in [-0.2, -0.15) is 0 Å². The smallest absolute Gasteiger partial charge is 0.280 e. The highest BCUT2D eigenvalue weighted by Crippen LogP contribution is 2.30. The predicted molar refractivity (Wildman–Crippen MR) is 93.5 cm³/mol. The van der Waals surface area contributed by atoms with E-state index in [0.29, 0.717) is 27.4 Å². The number of carbonyl (C=O) groups is 1. The van der Waals surface area contributed by atoms with E-state index in [1.54, 1.807) is 30.5 Å². The Morgan fingerprint density at radius 2 is 2.04 bits per heavy atom. The number of benzene rings is 1. The molecule has 0 aliphatic carbocycles. The standard InChI is InChI=1S/C17H20N4O2S/c18-12-1-3-13(4-2-12)23-15-9-19-17(24-15)16(22)20-14-10-21-7-5-11(14)6-8-21/h1-4,9,11,14H,5-8,10,18H2,(H,20,22)/t14-/m0/s1. The molecule has 1 amide bonds. The number of nitrogen functional groups attached to an aromatic ring is 1. The molecule has 1 aromatic heterocycles. The molecule has 3 aliphatic heterocycles. The van der Waals surface area contributed by atoms with Gasteiger partial charge < -0.3 is 20.7 Å². The third kappa shape index (κ3) is 3.22. The van der Waals surface area contributed by atoms with Gasteiger partial charge in [0.15, 0.2) is 5.01 Å². The van der Waals surface area contributed by atoms with Crippen LogP contribution in [0.1, 0.15) is 22.6 Å². The maximum absolute atomic E-state index is 12.4. The highest BCUT2D eigenvalue weighted by Gasteiger charge is 2.35. The predicted octanol–water partition coefficient (Wildman–Crippen LogP) is 2.34. The molecule has 2 bridgehead atoms. The van der Waals surface area contributed by atoms with Gasteiger partial charge in [0.05, 0.1) is 6.20 Å². The number of nitrogens with zero attached hydrogens (tertiary/aromatic N) is 2. The number of rotatable bonds is 4. The number of piperidine rings is 3. The molecule has 1 aromatic carbocycles. The molecule has 6 nitrogen and oxygen atoms in total. The van der Waals surface area contributed by atoms with Gasteiger partial charge >= 0.3 is 0 Å². The lowest BCUT2D eigenvalue weighted by molar-refractivity contribution is 0.0620. The molecule has 1 atom stereocenters. The van der Waals surface area contributed by atoms with Crippen LogP contribution in [0.3, 0.4) is 0 Å². The fraction of sp³-hybridized carbons (Fsp3) is 0.412. The monoisotopic (exact) mass is 344 g/mol. The molecule has 3 fully saturated rings. The molecule has 0 unspecified atom stereocenters. The SMILES string of the molecule is Nc1ccc(Oc2cnc(C(=O)N[C@H]3CN4CCC3CC4)s2)cc1. The Morgan fingerprint density at radius 3 is 2.71 bits per heavy atom. The molecule has 4 heterocycles. The van der Waals surface area contributed by atoms with Crippen LogP contribution >= 0.6 is 11.3 Å². The first-order valence-corrected chi connectivity index (χ1v) is 9.01. The number of aromatic nitrogens is 1. The summed E-state index contributed by atoms with van der Waals surface area (Å²) in [5.41, 5.74) is 6.34. The minimum Gasteiger partial charge on any atom is -0.445 e. The van der Waals surface area contributed by atoms with Crippen molar-refractivity contribution in [3.8, 4) is 10.8 Å². The maximum Gasteiger partial charge on any atom is 0.280 e. The van der Waals surface area contributed by atoms with Crippen LogP contribution in [-0.4, -0.2) is 41.5 Å². The van der Waals surface area contributed by atoms with Gasteiger partial charge in [-0.1, -0.05) is 11.3 Å². The third-order valence-corrected chi connectivity index (χ3v) is 5.62. The summed E-state index contributed by atoms with van der Waals surface area (Å²) in [4.78, 5) is 19.1. The van der Waals surface area contributed by atoms with E-state index in [2.05, 4.69) is 15.2 Å². The number of hydrogen-bond acceptors (Lipinski definition) is 6. The Bertz CT molecular complexity index is 722. The molecule has 3 aliphatic rings. The van der Waals surface area contributed by atoms with Crippen molar-refractivity contribution < 1.29 is 9.53 Å². The van der Waals surface area contributed by atoms with Crippen molar-refractivity contribution in [1.29, 1.82) is 0 Å². The number of nitrogens with one attached hydrogen (secondary N) is 1. The lowest BCUT2D eigenvalue weighted by Crippen LogP contribution is -2.57. The van der Waals surface area contributed by atoms with Gasteiger partial charge in [0, 0.05) is 18.3 Å². The van der Waals surface area contributed by atoms with Crippen LogP contribution in [0.5, 0.6) is 10.8 Å². The number of fused-ring (bicyclic) bond motifs is 3. The van der Waals surface area contributed by atoms with E-state index < -0.39 is 0 Å². The van der Waals surface area contributed by atoms with Crippen LogP contribution in [-0.2, 0) is 0 Å². The Morgan fingerprint density at radius 1 is 1.29 bits per heavy atom. The number of amides is 1. The zero-order chi connectivity index (χ0) is 16.5. The van der Waals surface area contributed by atoms with E-state index >= 15 is 0 Å². The van der Waals surface area contributed by atoms with Gasteiger partial charge in [0.1, 0.15) is 5.75 Å². The zero-order valence-corrected chi connectivity index (χ0v) is 14.1. The molecular weight excluding hydrogens is 324 g/mol. The van der Waals surface area contributed by atoms with E-state index in [1.165, 1.54) is 24.2 Å². The first-order valence-electron chi connectivity index (χ1n) is 8.20. The number of thiazole rings is 1. The van der Waals surface area contributed by atoms with Gasteiger partial charge in [-0.3, -0.25) is 4.79 Å². The first-order chi connectivity index (χ1) is 11.7. The van der Waals surface area contributed by atoms with Crippen LogP contribution in [0, 0.1) is 5.92 Å². The van der Waals surface area contributed by atoms with E-state index in [-0.39, 0.29) is 11.9 Å². The average Bonchev–Trinajstić information content (AvgIpc) is 3.07. The van der Waals surface area contributed by atoms with Gasteiger partial charge in [0.25, 0.3) is 5.91 Å². The normalized spacial score (nSPS) is 25.4. The number of nitrogens with two attached hydrogens (primary N) is 1. The molecule has 126 valence electrons. The van der Waals surface area contributed by atoms with Crippen LogP contribution in [0.4, 0.5) is 5.69 Å². The number of hydrogen-bond donors (Lipinski definition) is 2. The molecule has 7 heteroatoms. The number of ether oxygens (including phenoxy) is 1. The van der Waals surface area contributed by atoms with Gasteiger partial charge in [0.2, 0.25) is 5.06 Å². The van der Waals surface area contributed by atoms with Crippen molar-refractivity contribution in [2.24, 2.45) is 5.92 Å². The summed E-state index contributed by atoms with van der Waals surface area (Å²) in [6, 6.07) is 7.38. The summed E-state index contributed by atoms with van der Waals surface area (Å²) in [5, 5.41) is 4.18. The average molecular weight is 344 g/mol. The maximum atomic E-state index is 12.4. The highest BCUT2D eigenvalue weighted by atomic mass is 32.1.